The quantitative estimate of drug-likeness (QED) is 0.819. The molecule has 3 heteroatoms. The van der Waals surface area contributed by atoms with Gasteiger partial charge in [-0.05, 0) is 80.5 Å². The predicted octanol–water partition coefficient (Wildman–Crippen LogP) is 2.64. The minimum atomic E-state index is -0.691. The van der Waals surface area contributed by atoms with Crippen LogP contribution in [0.25, 0.3) is 0 Å². The molecule has 0 heterocycles. The minimum Gasteiger partial charge on any atom is -0.481 e. The predicted molar refractivity (Wildman–Crippen MR) is 72.4 cm³/mol. The van der Waals surface area contributed by atoms with Gasteiger partial charge in [0.1, 0.15) is 0 Å². The van der Waals surface area contributed by atoms with Gasteiger partial charge in [-0.15, -0.1) is 0 Å². The van der Waals surface area contributed by atoms with E-state index in [4.69, 9.17) is 5.73 Å². The first-order chi connectivity index (χ1) is 9.06. The molecule has 3 nitrogen and oxygen atoms in total. The van der Waals surface area contributed by atoms with Crippen molar-refractivity contribution in [3.05, 3.63) is 0 Å². The Morgan fingerprint density at radius 2 is 1.58 bits per heavy atom. The summed E-state index contributed by atoms with van der Waals surface area (Å²) in [5, 5.41) is 9.30. The van der Waals surface area contributed by atoms with Crippen LogP contribution in [-0.4, -0.2) is 16.6 Å². The minimum absolute atomic E-state index is 0.199. The van der Waals surface area contributed by atoms with Gasteiger partial charge in [0, 0.05) is 5.54 Å². The standard InChI is InChI=1S/C16H25NO2/c17-16(8-14(18)19,13-1-2-13)15-11-4-9-3-10(6-11)7-12(15)5-9/h9-13,15H,1-8,17H2,(H,18,19). The number of carboxylic acid groups (broad SMARTS) is 1. The Labute approximate surface area is 114 Å². The van der Waals surface area contributed by atoms with Crippen molar-refractivity contribution in [2.75, 3.05) is 0 Å². The number of rotatable bonds is 4. The molecule has 4 bridgehead atoms. The van der Waals surface area contributed by atoms with E-state index in [0.717, 1.165) is 36.5 Å². The lowest BCUT2D eigenvalue weighted by Gasteiger charge is -2.59. The summed E-state index contributed by atoms with van der Waals surface area (Å²) in [4.78, 5) is 11.3. The Balaban J connectivity index is 1.64. The SMILES string of the molecule is NC(CC(=O)O)(C1CC1)C1C2CC3CC(C2)CC1C3. The topological polar surface area (TPSA) is 63.3 Å². The van der Waals surface area contributed by atoms with Crippen LogP contribution in [0.3, 0.4) is 0 Å². The van der Waals surface area contributed by atoms with Crippen LogP contribution >= 0.6 is 0 Å². The second-order valence-corrected chi connectivity index (χ2v) is 7.91. The van der Waals surface area contributed by atoms with Crippen molar-refractivity contribution in [3.8, 4) is 0 Å². The van der Waals surface area contributed by atoms with Gasteiger partial charge in [-0.1, -0.05) is 0 Å². The fourth-order valence-corrected chi connectivity index (χ4v) is 6.22. The molecule has 106 valence electrons. The van der Waals surface area contributed by atoms with Crippen molar-refractivity contribution < 1.29 is 9.90 Å². The second-order valence-electron chi connectivity index (χ2n) is 7.91. The average Bonchev–Trinajstić information content (AvgIpc) is 3.09. The Kier molecular flexibility index (Phi) is 2.55. The first-order valence-corrected chi connectivity index (χ1v) is 8.07. The highest BCUT2D eigenvalue weighted by Gasteiger charge is 2.58. The number of carboxylic acids is 1. The van der Waals surface area contributed by atoms with Gasteiger partial charge < -0.3 is 10.8 Å². The van der Waals surface area contributed by atoms with Gasteiger partial charge in [-0.2, -0.15) is 0 Å². The van der Waals surface area contributed by atoms with Crippen LogP contribution in [0, 0.1) is 35.5 Å². The molecule has 1 atom stereocenters. The maximum atomic E-state index is 11.3. The number of hydrogen-bond donors (Lipinski definition) is 2. The van der Waals surface area contributed by atoms with Gasteiger partial charge in [0.25, 0.3) is 0 Å². The summed E-state index contributed by atoms with van der Waals surface area (Å²) in [7, 11) is 0. The smallest absolute Gasteiger partial charge is 0.305 e. The van der Waals surface area contributed by atoms with Crippen LogP contribution < -0.4 is 5.73 Å². The molecule has 0 aliphatic heterocycles. The summed E-state index contributed by atoms with van der Waals surface area (Å²) in [6, 6.07) is 0. The van der Waals surface area contributed by atoms with E-state index >= 15 is 0 Å². The van der Waals surface area contributed by atoms with Crippen LogP contribution in [0.5, 0.6) is 0 Å². The summed E-state index contributed by atoms with van der Waals surface area (Å²) in [6.45, 7) is 0. The molecule has 0 radical (unpaired) electrons. The van der Waals surface area contributed by atoms with Gasteiger partial charge in [-0.3, -0.25) is 4.79 Å². The van der Waals surface area contributed by atoms with E-state index in [9.17, 15) is 9.90 Å². The lowest BCUT2D eigenvalue weighted by atomic mass is 9.47. The molecule has 1 unspecified atom stereocenters. The number of nitrogens with two attached hydrogens (primary N) is 1. The molecule has 3 N–H and O–H groups in total. The maximum Gasteiger partial charge on any atom is 0.305 e. The summed E-state index contributed by atoms with van der Waals surface area (Å²) in [5.41, 5.74) is 6.35. The van der Waals surface area contributed by atoms with Gasteiger partial charge in [0.05, 0.1) is 6.42 Å². The van der Waals surface area contributed by atoms with Gasteiger partial charge in [0.15, 0.2) is 0 Å². The number of aliphatic carboxylic acids is 1. The highest BCUT2D eigenvalue weighted by Crippen LogP contribution is 2.62. The fourth-order valence-electron chi connectivity index (χ4n) is 6.22. The lowest BCUT2D eigenvalue weighted by molar-refractivity contribution is -0.142. The van der Waals surface area contributed by atoms with Crippen molar-refractivity contribution >= 4 is 5.97 Å². The summed E-state index contributed by atoms with van der Waals surface area (Å²) < 4.78 is 0. The molecule has 0 spiro atoms. The van der Waals surface area contributed by atoms with E-state index in [0.29, 0.717) is 11.8 Å². The highest BCUT2D eigenvalue weighted by atomic mass is 16.4. The zero-order chi connectivity index (χ0) is 13.2. The Hall–Kier alpha value is -0.570. The van der Waals surface area contributed by atoms with Crippen molar-refractivity contribution in [2.24, 2.45) is 41.2 Å². The van der Waals surface area contributed by atoms with E-state index in [1.54, 1.807) is 0 Å². The van der Waals surface area contributed by atoms with Crippen LogP contribution in [0.4, 0.5) is 0 Å². The van der Waals surface area contributed by atoms with Crippen LogP contribution in [0.15, 0.2) is 0 Å². The third-order valence-corrected chi connectivity index (χ3v) is 6.64. The Morgan fingerprint density at radius 1 is 1.05 bits per heavy atom. The molecular weight excluding hydrogens is 238 g/mol. The van der Waals surface area contributed by atoms with Gasteiger partial charge in [-0.25, -0.2) is 0 Å². The molecule has 0 aromatic rings. The molecule has 19 heavy (non-hydrogen) atoms. The maximum absolute atomic E-state index is 11.3. The molecule has 0 aromatic carbocycles. The van der Waals surface area contributed by atoms with Crippen molar-refractivity contribution in [3.63, 3.8) is 0 Å². The van der Waals surface area contributed by atoms with E-state index < -0.39 is 11.5 Å². The monoisotopic (exact) mass is 263 g/mol. The lowest BCUT2D eigenvalue weighted by Crippen LogP contribution is -2.61. The molecule has 5 fully saturated rings. The Morgan fingerprint density at radius 3 is 2.00 bits per heavy atom. The second kappa shape index (κ2) is 3.97. The molecule has 0 amide bonds. The van der Waals surface area contributed by atoms with Gasteiger partial charge >= 0.3 is 5.97 Å². The van der Waals surface area contributed by atoms with Crippen LogP contribution in [-0.2, 0) is 4.79 Å². The van der Waals surface area contributed by atoms with Crippen LogP contribution in [0.1, 0.15) is 51.4 Å². The molecular formula is C16H25NO2. The molecule has 0 aromatic heterocycles. The van der Waals surface area contributed by atoms with Gasteiger partial charge in [0.2, 0.25) is 0 Å². The fraction of sp³-hybridized carbons (Fsp3) is 0.938. The van der Waals surface area contributed by atoms with Crippen LogP contribution in [0.2, 0.25) is 0 Å². The summed E-state index contributed by atoms with van der Waals surface area (Å²) in [6.07, 6.45) is 9.31. The average molecular weight is 263 g/mol. The van der Waals surface area contributed by atoms with Crippen molar-refractivity contribution in [1.82, 2.24) is 0 Å². The Bertz CT molecular complexity index is 376. The largest absolute Gasteiger partial charge is 0.481 e. The van der Waals surface area contributed by atoms with E-state index in [1.807, 2.05) is 0 Å². The summed E-state index contributed by atoms with van der Waals surface area (Å²) >= 11 is 0. The molecule has 5 aliphatic rings. The number of hydrogen-bond acceptors (Lipinski definition) is 2. The highest BCUT2D eigenvalue weighted by molar-refractivity contribution is 5.68. The molecule has 5 rings (SSSR count). The third kappa shape index (κ3) is 1.84. The first-order valence-electron chi connectivity index (χ1n) is 8.07. The van der Waals surface area contributed by atoms with Crippen molar-refractivity contribution in [1.29, 1.82) is 0 Å². The molecule has 5 aliphatic carbocycles. The van der Waals surface area contributed by atoms with E-state index in [2.05, 4.69) is 0 Å². The van der Waals surface area contributed by atoms with E-state index in [-0.39, 0.29) is 6.42 Å². The zero-order valence-corrected chi connectivity index (χ0v) is 11.6. The summed E-state index contributed by atoms with van der Waals surface area (Å²) in [5.74, 6) is 3.65. The molecule has 5 saturated carbocycles. The normalized spacial score (nSPS) is 47.1. The number of carbonyl (C=O) groups is 1. The third-order valence-electron chi connectivity index (χ3n) is 6.64. The van der Waals surface area contributed by atoms with E-state index in [1.165, 1.54) is 32.1 Å². The van der Waals surface area contributed by atoms with Crippen molar-refractivity contribution in [2.45, 2.75) is 56.9 Å². The zero-order valence-electron chi connectivity index (χ0n) is 11.6. The first kappa shape index (κ1) is 12.2. The molecule has 0 saturated heterocycles.